The lowest BCUT2D eigenvalue weighted by Crippen LogP contribution is -2.45. The second-order valence-corrected chi connectivity index (χ2v) is 12.0. The van der Waals surface area contributed by atoms with E-state index in [1.807, 2.05) is 49.9 Å². The van der Waals surface area contributed by atoms with Gasteiger partial charge >= 0.3 is 0 Å². The van der Waals surface area contributed by atoms with E-state index in [-0.39, 0.29) is 30.3 Å². The summed E-state index contributed by atoms with van der Waals surface area (Å²) in [5.41, 5.74) is 2.55. The first-order valence-electron chi connectivity index (χ1n) is 13.4. The standard InChI is InChI=1S/C30H34FN3O4S/c1-30(2,3)29(36)34-12-11-19-9-10-22(15-24(19)27(34)20-6-4-7-21(31)14-20)38-17-26-33-25(18-39-26)28(35)32-16-23-8-5-13-37-23/h4,6-7,9-10,14-15,18,23,27H,5,8,11-13,16-17H2,1-3H3,(H,32,35)/t23-,27-/m1/s1. The van der Waals surface area contributed by atoms with Crippen molar-refractivity contribution in [1.29, 1.82) is 0 Å². The van der Waals surface area contributed by atoms with Crippen molar-refractivity contribution in [2.75, 3.05) is 19.7 Å². The number of carbonyl (C=O) groups excluding carboxylic acids is 2. The molecule has 1 fully saturated rings. The van der Waals surface area contributed by atoms with Gasteiger partial charge in [-0.2, -0.15) is 0 Å². The number of halogens is 1. The molecule has 39 heavy (non-hydrogen) atoms. The minimum absolute atomic E-state index is 0.0156. The van der Waals surface area contributed by atoms with E-state index < -0.39 is 11.5 Å². The Kier molecular flexibility index (Phi) is 8.00. The Morgan fingerprint density at radius 3 is 2.82 bits per heavy atom. The Balaban J connectivity index is 1.32. The number of nitrogens with zero attached hydrogens (tertiary/aromatic N) is 2. The van der Waals surface area contributed by atoms with Crippen molar-refractivity contribution in [2.24, 2.45) is 5.41 Å². The number of nitrogens with one attached hydrogen (secondary N) is 1. The van der Waals surface area contributed by atoms with E-state index in [1.54, 1.807) is 11.4 Å². The Bertz CT molecular complexity index is 1350. The van der Waals surface area contributed by atoms with E-state index in [0.29, 0.717) is 36.0 Å². The van der Waals surface area contributed by atoms with Gasteiger partial charge in [-0.15, -0.1) is 11.3 Å². The lowest BCUT2D eigenvalue weighted by atomic mass is 9.85. The minimum Gasteiger partial charge on any atom is -0.486 e. The Morgan fingerprint density at radius 1 is 1.23 bits per heavy atom. The summed E-state index contributed by atoms with van der Waals surface area (Å²) in [6, 6.07) is 11.9. The largest absolute Gasteiger partial charge is 0.486 e. The molecule has 2 amide bonds. The number of ether oxygens (including phenoxy) is 2. The lowest BCUT2D eigenvalue weighted by molar-refractivity contribution is -0.141. The van der Waals surface area contributed by atoms with Crippen molar-refractivity contribution in [3.63, 3.8) is 0 Å². The predicted molar refractivity (Wildman–Crippen MR) is 147 cm³/mol. The minimum atomic E-state index is -0.573. The molecule has 2 atom stereocenters. The number of hydrogen-bond acceptors (Lipinski definition) is 6. The van der Waals surface area contributed by atoms with Gasteiger partial charge in [-0.1, -0.05) is 39.0 Å². The third-order valence-corrected chi connectivity index (χ3v) is 7.90. The van der Waals surface area contributed by atoms with Crippen LogP contribution in [0.15, 0.2) is 47.8 Å². The van der Waals surface area contributed by atoms with Crippen LogP contribution in [-0.4, -0.2) is 47.5 Å². The van der Waals surface area contributed by atoms with Crippen molar-refractivity contribution in [2.45, 2.75) is 58.8 Å². The molecule has 1 aromatic heterocycles. The highest BCUT2D eigenvalue weighted by Crippen LogP contribution is 2.39. The molecule has 0 bridgehead atoms. The number of thiazole rings is 1. The molecule has 0 unspecified atom stereocenters. The van der Waals surface area contributed by atoms with Gasteiger partial charge in [-0.3, -0.25) is 9.59 Å². The molecule has 9 heteroatoms. The molecular formula is C30H34FN3O4S. The molecule has 0 aliphatic carbocycles. The lowest BCUT2D eigenvalue weighted by Gasteiger charge is -2.41. The fourth-order valence-electron chi connectivity index (χ4n) is 5.10. The molecular weight excluding hydrogens is 517 g/mol. The summed E-state index contributed by atoms with van der Waals surface area (Å²) in [6.07, 6.45) is 2.76. The Labute approximate surface area is 232 Å². The quantitative estimate of drug-likeness (QED) is 0.432. The van der Waals surface area contributed by atoms with Crippen molar-refractivity contribution >= 4 is 23.2 Å². The molecule has 2 aliphatic heterocycles. The summed E-state index contributed by atoms with van der Waals surface area (Å²) < 4.78 is 25.9. The zero-order chi connectivity index (χ0) is 27.6. The Morgan fingerprint density at radius 2 is 2.08 bits per heavy atom. The van der Waals surface area contributed by atoms with Gasteiger partial charge in [0.25, 0.3) is 5.91 Å². The molecule has 3 aromatic rings. The zero-order valence-corrected chi connectivity index (χ0v) is 23.4. The number of rotatable bonds is 7. The second kappa shape index (κ2) is 11.4. The van der Waals surface area contributed by atoms with E-state index in [9.17, 15) is 14.0 Å². The number of carbonyl (C=O) groups is 2. The summed E-state index contributed by atoms with van der Waals surface area (Å²) in [6.45, 7) is 7.70. The molecule has 0 spiro atoms. The van der Waals surface area contributed by atoms with Crippen molar-refractivity contribution < 1.29 is 23.5 Å². The van der Waals surface area contributed by atoms with Gasteiger partial charge in [0.15, 0.2) is 0 Å². The normalized spacial score (nSPS) is 19.0. The maximum Gasteiger partial charge on any atom is 0.270 e. The summed E-state index contributed by atoms with van der Waals surface area (Å²) >= 11 is 1.37. The molecule has 0 saturated carbocycles. The number of aromatic nitrogens is 1. The third-order valence-electron chi connectivity index (χ3n) is 7.07. The third kappa shape index (κ3) is 6.31. The molecule has 2 aliphatic rings. The first kappa shape index (κ1) is 27.3. The maximum atomic E-state index is 14.3. The highest BCUT2D eigenvalue weighted by atomic mass is 32.1. The van der Waals surface area contributed by atoms with E-state index in [1.165, 1.54) is 23.5 Å². The van der Waals surface area contributed by atoms with Crippen LogP contribution >= 0.6 is 11.3 Å². The van der Waals surface area contributed by atoms with E-state index >= 15 is 0 Å². The van der Waals surface area contributed by atoms with Crippen LogP contribution in [0.1, 0.15) is 71.8 Å². The monoisotopic (exact) mass is 551 g/mol. The number of fused-ring (bicyclic) bond motifs is 1. The fraction of sp³-hybridized carbons (Fsp3) is 0.433. The van der Waals surface area contributed by atoms with Crippen LogP contribution in [0.5, 0.6) is 5.75 Å². The molecule has 5 rings (SSSR count). The highest BCUT2D eigenvalue weighted by Gasteiger charge is 2.37. The van der Waals surface area contributed by atoms with Crippen molar-refractivity contribution in [3.8, 4) is 5.75 Å². The molecule has 3 heterocycles. The van der Waals surface area contributed by atoms with Crippen LogP contribution in [0.25, 0.3) is 0 Å². The van der Waals surface area contributed by atoms with Crippen LogP contribution in [-0.2, 0) is 22.6 Å². The SMILES string of the molecule is CC(C)(C)C(=O)N1CCc2ccc(OCc3nc(C(=O)NC[C@H]4CCCO4)cs3)cc2[C@H]1c1cccc(F)c1. The molecule has 1 saturated heterocycles. The first-order chi connectivity index (χ1) is 18.7. The fourth-order valence-corrected chi connectivity index (χ4v) is 5.78. The number of benzene rings is 2. The van der Waals surface area contributed by atoms with Crippen LogP contribution in [0.3, 0.4) is 0 Å². The average molecular weight is 552 g/mol. The van der Waals surface area contributed by atoms with Gasteiger partial charge in [0.05, 0.1) is 12.1 Å². The van der Waals surface area contributed by atoms with Crippen LogP contribution in [0.2, 0.25) is 0 Å². The first-order valence-corrected chi connectivity index (χ1v) is 14.2. The molecule has 7 nitrogen and oxygen atoms in total. The summed E-state index contributed by atoms with van der Waals surface area (Å²) in [7, 11) is 0. The molecule has 206 valence electrons. The molecule has 0 radical (unpaired) electrons. The maximum absolute atomic E-state index is 14.3. The Hall–Kier alpha value is -3.30. The highest BCUT2D eigenvalue weighted by molar-refractivity contribution is 7.09. The van der Waals surface area contributed by atoms with Crippen LogP contribution in [0.4, 0.5) is 4.39 Å². The number of amides is 2. The average Bonchev–Trinajstić information content (AvgIpc) is 3.61. The molecule has 1 N–H and O–H groups in total. The van der Waals surface area contributed by atoms with E-state index in [4.69, 9.17) is 9.47 Å². The zero-order valence-electron chi connectivity index (χ0n) is 22.5. The van der Waals surface area contributed by atoms with E-state index in [0.717, 1.165) is 36.1 Å². The van der Waals surface area contributed by atoms with Gasteiger partial charge < -0.3 is 19.7 Å². The van der Waals surface area contributed by atoms with Gasteiger partial charge in [0.2, 0.25) is 5.91 Å². The van der Waals surface area contributed by atoms with Crippen LogP contribution in [0, 0.1) is 11.2 Å². The number of hydrogen-bond donors (Lipinski definition) is 1. The van der Waals surface area contributed by atoms with Gasteiger partial charge in [0.1, 0.15) is 28.9 Å². The van der Waals surface area contributed by atoms with Gasteiger partial charge in [-0.25, -0.2) is 9.37 Å². The van der Waals surface area contributed by atoms with Gasteiger partial charge in [-0.05, 0) is 60.2 Å². The predicted octanol–water partition coefficient (Wildman–Crippen LogP) is 5.29. The van der Waals surface area contributed by atoms with E-state index in [2.05, 4.69) is 10.3 Å². The second-order valence-electron chi connectivity index (χ2n) is 11.1. The summed E-state index contributed by atoms with van der Waals surface area (Å²) in [4.78, 5) is 32.2. The van der Waals surface area contributed by atoms with Gasteiger partial charge in [0, 0.05) is 30.5 Å². The summed E-state index contributed by atoms with van der Waals surface area (Å²) in [5.74, 6) is 0.0829. The molecule has 2 aromatic carbocycles. The van der Waals surface area contributed by atoms with Crippen molar-refractivity contribution in [3.05, 3.63) is 81.1 Å². The van der Waals surface area contributed by atoms with Crippen molar-refractivity contribution in [1.82, 2.24) is 15.2 Å². The topological polar surface area (TPSA) is 80.8 Å². The summed E-state index contributed by atoms with van der Waals surface area (Å²) in [5, 5.41) is 5.30. The smallest absolute Gasteiger partial charge is 0.270 e. The van der Waals surface area contributed by atoms with Crippen LogP contribution < -0.4 is 10.1 Å².